The second kappa shape index (κ2) is 4.48. The lowest BCUT2D eigenvalue weighted by Crippen LogP contribution is -2.60. The van der Waals surface area contributed by atoms with E-state index in [1.807, 2.05) is 13.8 Å². The van der Waals surface area contributed by atoms with Crippen LogP contribution in [0.2, 0.25) is 0 Å². The third-order valence-electron chi connectivity index (χ3n) is 2.68. The summed E-state index contributed by atoms with van der Waals surface area (Å²) < 4.78 is 0. The molecule has 1 unspecified atom stereocenters. The van der Waals surface area contributed by atoms with Crippen molar-refractivity contribution in [2.24, 2.45) is 5.92 Å². The Balaban J connectivity index is 2.28. The Kier molecular flexibility index (Phi) is 3.03. The third kappa shape index (κ3) is 2.25. The van der Waals surface area contributed by atoms with Crippen molar-refractivity contribution in [3.8, 4) is 0 Å². The summed E-state index contributed by atoms with van der Waals surface area (Å²) in [4.78, 5) is 32.9. The molecule has 0 saturated carbocycles. The van der Waals surface area contributed by atoms with Crippen LogP contribution < -0.4 is 10.2 Å². The van der Waals surface area contributed by atoms with Crippen molar-refractivity contribution in [2.45, 2.75) is 19.9 Å². The highest BCUT2D eigenvalue weighted by Gasteiger charge is 2.35. The van der Waals surface area contributed by atoms with Crippen LogP contribution in [0.5, 0.6) is 0 Å². The van der Waals surface area contributed by atoms with Crippen LogP contribution in [0.1, 0.15) is 13.8 Å². The average molecular weight is 234 g/mol. The van der Waals surface area contributed by atoms with E-state index < -0.39 is 6.04 Å². The number of hydrogen-bond donors (Lipinski definition) is 1. The molecule has 1 aliphatic heterocycles. The van der Waals surface area contributed by atoms with E-state index in [1.54, 1.807) is 0 Å². The normalized spacial score (nSPS) is 20.6. The molecule has 2 rings (SSSR count). The standard InChI is InChI=1S/C11H14N4O2/c1-7(2)10-11(17)15(5-9(16)14-10)8-3-12-6-13-4-8/h3-4,6-7,10H,5H2,1-2H3,(H,14,16). The van der Waals surface area contributed by atoms with Crippen LogP contribution in [0, 0.1) is 5.92 Å². The molecule has 1 fully saturated rings. The number of rotatable bonds is 2. The summed E-state index contributed by atoms with van der Waals surface area (Å²) in [7, 11) is 0. The van der Waals surface area contributed by atoms with Gasteiger partial charge in [0.05, 0.1) is 18.1 Å². The van der Waals surface area contributed by atoms with Crippen LogP contribution in [-0.4, -0.2) is 34.4 Å². The summed E-state index contributed by atoms with van der Waals surface area (Å²) in [5.41, 5.74) is 0.554. The van der Waals surface area contributed by atoms with E-state index in [1.165, 1.54) is 23.6 Å². The quantitative estimate of drug-likeness (QED) is 0.779. The summed E-state index contributed by atoms with van der Waals surface area (Å²) in [5, 5.41) is 2.69. The molecule has 0 aromatic carbocycles. The van der Waals surface area contributed by atoms with E-state index in [0.29, 0.717) is 5.69 Å². The van der Waals surface area contributed by atoms with Gasteiger partial charge in [-0.25, -0.2) is 9.97 Å². The molecule has 1 N–H and O–H groups in total. The van der Waals surface area contributed by atoms with E-state index in [9.17, 15) is 9.59 Å². The van der Waals surface area contributed by atoms with Gasteiger partial charge in [0.15, 0.2) is 0 Å². The number of piperazine rings is 1. The van der Waals surface area contributed by atoms with Crippen LogP contribution in [0.3, 0.4) is 0 Å². The van der Waals surface area contributed by atoms with Crippen molar-refractivity contribution in [1.82, 2.24) is 15.3 Å². The predicted octanol–water partition coefficient (Wildman–Crippen LogP) is -0.0360. The molecule has 1 aromatic rings. The van der Waals surface area contributed by atoms with Gasteiger partial charge in [0.2, 0.25) is 11.8 Å². The number of hydrogen-bond acceptors (Lipinski definition) is 4. The van der Waals surface area contributed by atoms with Gasteiger partial charge in [0, 0.05) is 0 Å². The second-order valence-corrected chi connectivity index (χ2v) is 4.31. The number of carbonyl (C=O) groups excluding carboxylic acids is 2. The van der Waals surface area contributed by atoms with Gasteiger partial charge in [-0.05, 0) is 5.92 Å². The molecular formula is C11H14N4O2. The largest absolute Gasteiger partial charge is 0.342 e. The Morgan fingerprint density at radius 1 is 1.35 bits per heavy atom. The van der Waals surface area contributed by atoms with Gasteiger partial charge in [-0.15, -0.1) is 0 Å². The zero-order chi connectivity index (χ0) is 12.4. The molecule has 1 aromatic heterocycles. The van der Waals surface area contributed by atoms with Gasteiger partial charge in [0.25, 0.3) is 0 Å². The van der Waals surface area contributed by atoms with Gasteiger partial charge in [-0.3, -0.25) is 14.5 Å². The number of aromatic nitrogens is 2. The molecule has 2 amide bonds. The zero-order valence-electron chi connectivity index (χ0n) is 9.75. The number of amides is 2. The topological polar surface area (TPSA) is 75.2 Å². The van der Waals surface area contributed by atoms with Crippen LogP contribution in [-0.2, 0) is 9.59 Å². The van der Waals surface area contributed by atoms with Crippen LogP contribution in [0.4, 0.5) is 5.69 Å². The van der Waals surface area contributed by atoms with E-state index in [0.717, 1.165) is 0 Å². The first-order valence-electron chi connectivity index (χ1n) is 5.45. The van der Waals surface area contributed by atoms with Crippen LogP contribution in [0.25, 0.3) is 0 Å². The first-order chi connectivity index (χ1) is 8.09. The minimum atomic E-state index is -0.476. The summed E-state index contributed by atoms with van der Waals surface area (Å²) in [6, 6.07) is -0.476. The molecule has 2 heterocycles. The van der Waals surface area contributed by atoms with Crippen molar-refractivity contribution in [3.63, 3.8) is 0 Å². The molecule has 6 heteroatoms. The van der Waals surface area contributed by atoms with Gasteiger partial charge < -0.3 is 5.32 Å². The Hall–Kier alpha value is -1.98. The lowest BCUT2D eigenvalue weighted by atomic mass is 10.0. The SMILES string of the molecule is CC(C)C1NC(=O)CN(c2cncnc2)C1=O. The molecular weight excluding hydrogens is 220 g/mol. The number of carbonyl (C=O) groups is 2. The number of nitrogens with one attached hydrogen (secondary N) is 1. The minimum Gasteiger partial charge on any atom is -0.342 e. The molecule has 0 radical (unpaired) electrons. The Morgan fingerprint density at radius 2 is 2.00 bits per heavy atom. The monoisotopic (exact) mass is 234 g/mol. The highest BCUT2D eigenvalue weighted by atomic mass is 16.2. The maximum absolute atomic E-state index is 12.2. The van der Waals surface area contributed by atoms with Crippen molar-refractivity contribution < 1.29 is 9.59 Å². The van der Waals surface area contributed by atoms with Gasteiger partial charge >= 0.3 is 0 Å². The first-order valence-corrected chi connectivity index (χ1v) is 5.45. The average Bonchev–Trinajstić information content (AvgIpc) is 2.32. The molecule has 90 valence electrons. The second-order valence-electron chi connectivity index (χ2n) is 4.31. The molecule has 17 heavy (non-hydrogen) atoms. The van der Waals surface area contributed by atoms with Gasteiger partial charge in [0.1, 0.15) is 18.9 Å². The summed E-state index contributed by atoms with van der Waals surface area (Å²) >= 11 is 0. The highest BCUT2D eigenvalue weighted by molar-refractivity contribution is 6.06. The molecule has 0 spiro atoms. The van der Waals surface area contributed by atoms with Crippen LogP contribution >= 0.6 is 0 Å². The number of nitrogens with zero attached hydrogens (tertiary/aromatic N) is 3. The first kappa shape index (κ1) is 11.5. The minimum absolute atomic E-state index is 0.0232. The Morgan fingerprint density at radius 3 is 2.59 bits per heavy atom. The van der Waals surface area contributed by atoms with E-state index >= 15 is 0 Å². The molecule has 0 aliphatic carbocycles. The number of anilines is 1. The van der Waals surface area contributed by atoms with E-state index in [2.05, 4.69) is 15.3 Å². The van der Waals surface area contributed by atoms with Crippen molar-refractivity contribution in [3.05, 3.63) is 18.7 Å². The lowest BCUT2D eigenvalue weighted by Gasteiger charge is -2.33. The van der Waals surface area contributed by atoms with E-state index in [4.69, 9.17) is 0 Å². The smallest absolute Gasteiger partial charge is 0.250 e. The summed E-state index contributed by atoms with van der Waals surface area (Å²) in [6.45, 7) is 3.82. The molecule has 1 atom stereocenters. The van der Waals surface area contributed by atoms with E-state index in [-0.39, 0.29) is 24.3 Å². The fourth-order valence-corrected chi connectivity index (χ4v) is 1.77. The molecule has 0 bridgehead atoms. The highest BCUT2D eigenvalue weighted by Crippen LogP contribution is 2.17. The van der Waals surface area contributed by atoms with Crippen LogP contribution in [0.15, 0.2) is 18.7 Å². The maximum atomic E-state index is 12.2. The molecule has 1 aliphatic rings. The van der Waals surface area contributed by atoms with Crippen molar-refractivity contribution >= 4 is 17.5 Å². The third-order valence-corrected chi connectivity index (χ3v) is 2.68. The van der Waals surface area contributed by atoms with Crippen molar-refractivity contribution in [1.29, 1.82) is 0 Å². The van der Waals surface area contributed by atoms with Gasteiger partial charge in [-0.1, -0.05) is 13.8 Å². The van der Waals surface area contributed by atoms with Crippen molar-refractivity contribution in [2.75, 3.05) is 11.4 Å². The fraction of sp³-hybridized carbons (Fsp3) is 0.455. The maximum Gasteiger partial charge on any atom is 0.250 e. The molecule has 6 nitrogen and oxygen atoms in total. The Bertz CT molecular complexity index is 432. The Labute approximate surface area is 99.1 Å². The fourth-order valence-electron chi connectivity index (χ4n) is 1.77. The summed E-state index contributed by atoms with van der Waals surface area (Å²) in [6.07, 6.45) is 4.44. The zero-order valence-corrected chi connectivity index (χ0v) is 9.75. The lowest BCUT2D eigenvalue weighted by molar-refractivity contribution is -0.132. The predicted molar refractivity (Wildman–Crippen MR) is 61.2 cm³/mol. The molecule has 1 saturated heterocycles. The summed E-state index contributed by atoms with van der Waals surface area (Å²) in [5.74, 6) is -0.222. The van der Waals surface area contributed by atoms with Gasteiger partial charge in [-0.2, -0.15) is 0 Å².